The number of aryl methyl sites for hydroxylation is 1. The van der Waals surface area contributed by atoms with Crippen LogP contribution in [0.15, 0.2) is 95.8 Å². The molecule has 0 bridgehead atoms. The van der Waals surface area contributed by atoms with Crippen LogP contribution in [0.2, 0.25) is 0 Å². The predicted octanol–water partition coefficient (Wildman–Crippen LogP) is 7.82. The number of anilines is 1. The lowest BCUT2D eigenvalue weighted by atomic mass is 10.0. The largest absolute Gasteiger partial charge is 0.494 e. The second-order valence-electron chi connectivity index (χ2n) is 11.4. The van der Waals surface area contributed by atoms with Crippen LogP contribution in [0.4, 0.5) is 5.69 Å². The van der Waals surface area contributed by atoms with Gasteiger partial charge in [0.2, 0.25) is 0 Å². The van der Waals surface area contributed by atoms with Crippen LogP contribution in [0.1, 0.15) is 63.5 Å². The van der Waals surface area contributed by atoms with E-state index in [1.165, 1.54) is 54.9 Å². The molecular weight excluding hydrogens is 492 g/mol. The van der Waals surface area contributed by atoms with E-state index in [2.05, 4.69) is 71.3 Å². The van der Waals surface area contributed by atoms with Crippen LogP contribution in [0, 0.1) is 5.92 Å². The van der Waals surface area contributed by atoms with Crippen LogP contribution in [-0.4, -0.2) is 36.9 Å². The summed E-state index contributed by atoms with van der Waals surface area (Å²) in [4.78, 5) is 17.4. The second kappa shape index (κ2) is 13.7. The highest BCUT2D eigenvalue weighted by molar-refractivity contribution is 5.90. The zero-order valence-electron chi connectivity index (χ0n) is 24.3. The van der Waals surface area contributed by atoms with Crippen LogP contribution >= 0.6 is 0 Å². The maximum Gasteiger partial charge on any atom is 0.157 e. The number of benzene rings is 2. The topological polar surface area (TPSA) is 32.8 Å². The first kappa shape index (κ1) is 28.0. The van der Waals surface area contributed by atoms with E-state index in [0.29, 0.717) is 19.6 Å². The Labute approximate surface area is 240 Å². The van der Waals surface area contributed by atoms with Crippen molar-refractivity contribution >= 4 is 11.5 Å². The minimum Gasteiger partial charge on any atom is -0.494 e. The Morgan fingerprint density at radius 1 is 0.925 bits per heavy atom. The standard InChI is InChI=1S/C36H44N2O2/c1-3-40-36-9-5-4-8-32(36)27-38-26-23-34(39)20-17-31-16-12-29(15-21-35(31)38)10-11-30-13-18-33(19-14-30)37-24-6-7-28(2)22-25-37/h4-5,8-9,12-14,16-21,28H,3,6-7,10-11,15,22-27H2,1-2H3/b20-17-. The molecule has 1 unspecified atom stereocenters. The van der Waals surface area contributed by atoms with Gasteiger partial charge in [-0.3, -0.25) is 4.79 Å². The minimum absolute atomic E-state index is 0.176. The van der Waals surface area contributed by atoms with E-state index in [1.807, 2.05) is 25.1 Å². The number of allylic oxidation sites excluding steroid dienone is 6. The molecular formula is C36H44N2O2. The molecule has 40 heavy (non-hydrogen) atoms. The Morgan fingerprint density at radius 3 is 2.62 bits per heavy atom. The zero-order valence-corrected chi connectivity index (χ0v) is 24.3. The third kappa shape index (κ3) is 7.35. The Kier molecular flexibility index (Phi) is 9.59. The van der Waals surface area contributed by atoms with E-state index in [9.17, 15) is 4.79 Å². The number of hydrogen-bond donors (Lipinski definition) is 0. The lowest BCUT2D eigenvalue weighted by molar-refractivity contribution is -0.114. The summed E-state index contributed by atoms with van der Waals surface area (Å²) in [5.41, 5.74) is 7.64. The fourth-order valence-electron chi connectivity index (χ4n) is 5.98. The first-order valence-corrected chi connectivity index (χ1v) is 15.2. The van der Waals surface area contributed by atoms with Gasteiger partial charge >= 0.3 is 0 Å². The number of nitrogens with zero attached hydrogens (tertiary/aromatic N) is 2. The summed E-state index contributed by atoms with van der Waals surface area (Å²) in [5.74, 6) is 1.94. The van der Waals surface area contributed by atoms with E-state index in [0.717, 1.165) is 48.6 Å². The molecule has 1 fully saturated rings. The number of para-hydroxylation sites is 1. The second-order valence-corrected chi connectivity index (χ2v) is 11.4. The molecule has 0 saturated carbocycles. The number of ketones is 1. The quantitative estimate of drug-likeness (QED) is 0.344. The van der Waals surface area contributed by atoms with Gasteiger partial charge in [0.15, 0.2) is 5.78 Å². The Morgan fingerprint density at radius 2 is 1.77 bits per heavy atom. The molecule has 0 radical (unpaired) electrons. The van der Waals surface area contributed by atoms with Gasteiger partial charge < -0.3 is 14.5 Å². The molecule has 5 rings (SSSR count). The van der Waals surface area contributed by atoms with E-state index < -0.39 is 0 Å². The van der Waals surface area contributed by atoms with Crippen molar-refractivity contribution in [2.75, 3.05) is 31.1 Å². The first-order valence-electron chi connectivity index (χ1n) is 15.2. The normalized spacial score (nSPS) is 20.7. The van der Waals surface area contributed by atoms with Gasteiger partial charge in [0.25, 0.3) is 0 Å². The summed E-state index contributed by atoms with van der Waals surface area (Å²) in [7, 11) is 0. The van der Waals surface area contributed by atoms with Gasteiger partial charge in [0, 0.05) is 49.5 Å². The highest BCUT2D eigenvalue weighted by Gasteiger charge is 2.20. The molecule has 2 aliphatic heterocycles. The van der Waals surface area contributed by atoms with Gasteiger partial charge in [-0.05, 0) is 92.9 Å². The highest BCUT2D eigenvalue weighted by atomic mass is 16.5. The summed E-state index contributed by atoms with van der Waals surface area (Å²) < 4.78 is 5.90. The fraction of sp³-hybridized carbons (Fsp3) is 0.417. The number of hydrogen-bond acceptors (Lipinski definition) is 4. The van der Waals surface area contributed by atoms with Crippen LogP contribution < -0.4 is 9.64 Å². The maximum absolute atomic E-state index is 12.4. The molecule has 1 aliphatic carbocycles. The van der Waals surface area contributed by atoms with Gasteiger partial charge in [-0.15, -0.1) is 0 Å². The van der Waals surface area contributed by atoms with Gasteiger partial charge in [-0.1, -0.05) is 61.1 Å². The molecule has 4 heteroatoms. The van der Waals surface area contributed by atoms with Crippen LogP contribution in [0.3, 0.4) is 0 Å². The van der Waals surface area contributed by atoms with Crippen molar-refractivity contribution in [3.8, 4) is 5.75 Å². The summed E-state index contributed by atoms with van der Waals surface area (Å²) in [6, 6.07) is 17.5. The van der Waals surface area contributed by atoms with Crippen LogP contribution in [0.25, 0.3) is 0 Å². The zero-order chi connectivity index (χ0) is 27.7. The third-order valence-corrected chi connectivity index (χ3v) is 8.46. The maximum atomic E-state index is 12.4. The lowest BCUT2D eigenvalue weighted by Gasteiger charge is -2.30. The molecule has 3 aliphatic rings. The molecule has 2 aromatic carbocycles. The molecule has 2 aromatic rings. The summed E-state index contributed by atoms with van der Waals surface area (Å²) in [6.45, 7) is 8.80. The van der Waals surface area contributed by atoms with Crippen LogP contribution in [-0.2, 0) is 17.8 Å². The van der Waals surface area contributed by atoms with Crippen molar-refractivity contribution in [2.45, 2.75) is 65.3 Å². The Bertz CT molecular complexity index is 1280. The summed E-state index contributed by atoms with van der Waals surface area (Å²) in [6.07, 6.45) is 18.0. The van der Waals surface area contributed by atoms with Crippen molar-refractivity contribution in [2.24, 2.45) is 5.92 Å². The van der Waals surface area contributed by atoms with Gasteiger partial charge in [0.1, 0.15) is 5.75 Å². The number of carbonyl (C=O) groups is 1. The highest BCUT2D eigenvalue weighted by Crippen LogP contribution is 2.30. The van der Waals surface area contributed by atoms with E-state index in [1.54, 1.807) is 6.08 Å². The predicted molar refractivity (Wildman–Crippen MR) is 166 cm³/mol. The van der Waals surface area contributed by atoms with Crippen LogP contribution in [0.5, 0.6) is 5.75 Å². The monoisotopic (exact) mass is 536 g/mol. The average Bonchev–Trinajstić information content (AvgIpc) is 3.31. The van der Waals surface area contributed by atoms with Crippen molar-refractivity contribution in [3.05, 3.63) is 107 Å². The molecule has 0 spiro atoms. The fourth-order valence-corrected chi connectivity index (χ4v) is 5.98. The molecule has 0 aromatic heterocycles. The smallest absolute Gasteiger partial charge is 0.157 e. The number of carbonyl (C=O) groups excluding carboxylic acids is 1. The summed E-state index contributed by atoms with van der Waals surface area (Å²) >= 11 is 0. The lowest BCUT2D eigenvalue weighted by Crippen LogP contribution is -2.27. The third-order valence-electron chi connectivity index (χ3n) is 8.46. The number of rotatable bonds is 8. The first-order chi connectivity index (χ1) is 19.6. The van der Waals surface area contributed by atoms with E-state index in [-0.39, 0.29) is 5.78 Å². The van der Waals surface area contributed by atoms with E-state index >= 15 is 0 Å². The Balaban J connectivity index is 1.26. The van der Waals surface area contributed by atoms with Crippen molar-refractivity contribution in [1.29, 1.82) is 0 Å². The molecule has 210 valence electrons. The molecule has 1 atom stereocenters. The number of fused-ring (bicyclic) bond motifs is 1. The minimum atomic E-state index is 0.176. The van der Waals surface area contributed by atoms with E-state index in [4.69, 9.17) is 4.74 Å². The molecule has 0 N–H and O–H groups in total. The van der Waals surface area contributed by atoms with Gasteiger partial charge in [-0.25, -0.2) is 0 Å². The van der Waals surface area contributed by atoms with Crippen molar-refractivity contribution in [3.63, 3.8) is 0 Å². The van der Waals surface area contributed by atoms with Crippen molar-refractivity contribution in [1.82, 2.24) is 4.90 Å². The van der Waals surface area contributed by atoms with Crippen molar-refractivity contribution < 1.29 is 9.53 Å². The van der Waals surface area contributed by atoms with Gasteiger partial charge in [0.05, 0.1) is 6.61 Å². The molecule has 1 saturated heterocycles. The SMILES string of the molecule is CCOc1ccccc1CN1CCC(=O)/C=C\C2=CC=C(CCc3ccc(N4CCCC(C)CC4)cc3)CC=C21. The number of ether oxygens (including phenoxy) is 1. The molecule has 0 amide bonds. The Hall–Kier alpha value is -3.53. The molecule has 2 heterocycles. The molecule has 4 nitrogen and oxygen atoms in total. The summed E-state index contributed by atoms with van der Waals surface area (Å²) in [5, 5.41) is 0. The average molecular weight is 537 g/mol. The van der Waals surface area contributed by atoms with Gasteiger partial charge in [-0.2, -0.15) is 0 Å².